The van der Waals surface area contributed by atoms with Gasteiger partial charge in [0.25, 0.3) is 0 Å². The summed E-state index contributed by atoms with van der Waals surface area (Å²) in [6.07, 6.45) is 2.78. The Kier molecular flexibility index (Phi) is 8.25. The molecule has 11 heteroatoms. The van der Waals surface area contributed by atoms with E-state index in [-0.39, 0.29) is 18.7 Å². The first-order valence-corrected chi connectivity index (χ1v) is 11.9. The zero-order chi connectivity index (χ0) is 26.6. The van der Waals surface area contributed by atoms with Crippen LogP contribution >= 0.6 is 0 Å². The van der Waals surface area contributed by atoms with Gasteiger partial charge in [0, 0.05) is 44.2 Å². The van der Waals surface area contributed by atoms with Crippen LogP contribution in [0, 0.1) is 24.4 Å². The molecule has 37 heavy (non-hydrogen) atoms. The average Bonchev–Trinajstić information content (AvgIpc) is 3.28. The SMILES string of the molecule is COc1cc(CN2CC[C@H](O)[C@@](O)(COc3cc(F)c(F)c(F)c3)C2)ccc1OCCn1ccnc1C. The lowest BCUT2D eigenvalue weighted by atomic mass is 9.90. The van der Waals surface area contributed by atoms with Gasteiger partial charge in [-0.3, -0.25) is 4.90 Å². The fraction of sp³-hybridized carbons (Fsp3) is 0.423. The first kappa shape index (κ1) is 26.8. The first-order chi connectivity index (χ1) is 17.7. The van der Waals surface area contributed by atoms with E-state index < -0.39 is 35.8 Å². The molecule has 2 atom stereocenters. The van der Waals surface area contributed by atoms with Crippen molar-refractivity contribution in [3.8, 4) is 17.2 Å². The maximum absolute atomic E-state index is 13.5. The van der Waals surface area contributed by atoms with Crippen LogP contribution in [0.5, 0.6) is 17.2 Å². The van der Waals surface area contributed by atoms with Gasteiger partial charge >= 0.3 is 0 Å². The Hall–Kier alpha value is -3.28. The molecule has 4 rings (SSSR count). The van der Waals surface area contributed by atoms with Crippen LogP contribution in [-0.2, 0) is 13.1 Å². The zero-order valence-corrected chi connectivity index (χ0v) is 20.7. The van der Waals surface area contributed by atoms with Gasteiger partial charge in [0.05, 0.1) is 19.8 Å². The number of imidazole rings is 1. The average molecular weight is 522 g/mol. The summed E-state index contributed by atoms with van der Waals surface area (Å²) in [6.45, 7) is 3.57. The minimum atomic E-state index is -1.70. The zero-order valence-electron chi connectivity index (χ0n) is 20.7. The van der Waals surface area contributed by atoms with E-state index in [1.165, 1.54) is 0 Å². The molecule has 3 aromatic rings. The number of ether oxygens (including phenoxy) is 3. The van der Waals surface area contributed by atoms with Crippen LogP contribution in [0.3, 0.4) is 0 Å². The molecule has 1 aliphatic rings. The van der Waals surface area contributed by atoms with Crippen LogP contribution in [-0.4, -0.2) is 69.8 Å². The lowest BCUT2D eigenvalue weighted by molar-refractivity contribution is -0.140. The summed E-state index contributed by atoms with van der Waals surface area (Å²) in [7, 11) is 1.56. The van der Waals surface area contributed by atoms with Gasteiger partial charge in [0.2, 0.25) is 0 Å². The van der Waals surface area contributed by atoms with Crippen molar-refractivity contribution in [1.29, 1.82) is 0 Å². The summed E-state index contributed by atoms with van der Waals surface area (Å²) in [5.41, 5.74) is -0.796. The second kappa shape index (κ2) is 11.4. The fourth-order valence-electron chi connectivity index (χ4n) is 4.33. The molecule has 200 valence electrons. The number of methoxy groups -OCH3 is 1. The number of nitrogens with zero attached hydrogens (tertiary/aromatic N) is 3. The number of hydrogen-bond acceptors (Lipinski definition) is 7. The molecule has 0 unspecified atom stereocenters. The minimum absolute atomic E-state index is 0.0468. The Morgan fingerprint density at radius 2 is 1.86 bits per heavy atom. The van der Waals surface area contributed by atoms with Crippen molar-refractivity contribution in [2.45, 2.75) is 38.1 Å². The number of aromatic nitrogens is 2. The summed E-state index contributed by atoms with van der Waals surface area (Å²) in [6, 6.07) is 6.95. The van der Waals surface area contributed by atoms with Gasteiger partial charge in [0.1, 0.15) is 30.4 Å². The largest absolute Gasteiger partial charge is 0.493 e. The summed E-state index contributed by atoms with van der Waals surface area (Å²) in [5, 5.41) is 21.5. The molecular weight excluding hydrogens is 491 g/mol. The molecule has 1 aliphatic heterocycles. The van der Waals surface area contributed by atoms with Crippen molar-refractivity contribution in [1.82, 2.24) is 14.5 Å². The number of β-amino-alcohol motifs (C(OH)–C–C–N with tert-alkyl or cyclic N) is 1. The van der Waals surface area contributed by atoms with E-state index in [9.17, 15) is 23.4 Å². The van der Waals surface area contributed by atoms with Crippen LogP contribution in [0.2, 0.25) is 0 Å². The second-order valence-electron chi connectivity index (χ2n) is 9.11. The maximum atomic E-state index is 13.5. The highest BCUT2D eigenvalue weighted by Crippen LogP contribution is 2.30. The molecular formula is C26H30F3N3O5. The van der Waals surface area contributed by atoms with Crippen LogP contribution in [0.4, 0.5) is 13.2 Å². The van der Waals surface area contributed by atoms with Crippen LogP contribution in [0.15, 0.2) is 42.7 Å². The maximum Gasteiger partial charge on any atom is 0.194 e. The molecule has 2 heterocycles. The Labute approximate surface area is 212 Å². The third-order valence-corrected chi connectivity index (χ3v) is 6.43. The van der Waals surface area contributed by atoms with E-state index in [0.717, 1.165) is 11.4 Å². The Bertz CT molecular complexity index is 1200. The van der Waals surface area contributed by atoms with Crippen molar-refractivity contribution in [2.24, 2.45) is 0 Å². The summed E-state index contributed by atoms with van der Waals surface area (Å²) >= 11 is 0. The van der Waals surface area contributed by atoms with Crippen LogP contribution < -0.4 is 14.2 Å². The smallest absolute Gasteiger partial charge is 0.194 e. The number of likely N-dealkylation sites (tertiary alicyclic amines) is 1. The van der Waals surface area contributed by atoms with Gasteiger partial charge in [-0.1, -0.05) is 6.07 Å². The standard InChI is InChI=1S/C26H30F3N3O5/c1-17-30-6-8-32(17)9-10-36-22-4-3-18(11-23(22)35-2)14-31-7-5-24(33)26(34,15-31)16-37-19-12-20(27)25(29)21(28)13-19/h3-4,6,8,11-13,24,33-34H,5,7,9-10,14-16H2,1-2H3/t24-,26-/m0/s1. The fourth-order valence-corrected chi connectivity index (χ4v) is 4.33. The first-order valence-electron chi connectivity index (χ1n) is 11.9. The molecule has 1 fully saturated rings. The summed E-state index contributed by atoms with van der Waals surface area (Å²) in [4.78, 5) is 6.12. The third kappa shape index (κ3) is 6.35. The van der Waals surface area contributed by atoms with Crippen molar-refractivity contribution in [3.05, 3.63) is 71.6 Å². The number of benzene rings is 2. The van der Waals surface area contributed by atoms with Crippen molar-refractivity contribution >= 4 is 0 Å². The van der Waals surface area contributed by atoms with Gasteiger partial charge < -0.3 is 29.0 Å². The van der Waals surface area contributed by atoms with E-state index in [4.69, 9.17) is 14.2 Å². The number of aryl methyl sites for hydroxylation is 1. The highest BCUT2D eigenvalue weighted by atomic mass is 19.2. The normalized spacial score (nSPS) is 20.1. The van der Waals surface area contributed by atoms with Crippen molar-refractivity contribution in [3.63, 3.8) is 0 Å². The highest BCUT2D eigenvalue weighted by Gasteiger charge is 2.42. The Morgan fingerprint density at radius 1 is 1.11 bits per heavy atom. The highest BCUT2D eigenvalue weighted by molar-refractivity contribution is 5.43. The molecule has 0 spiro atoms. The van der Waals surface area contributed by atoms with Gasteiger partial charge in [-0.25, -0.2) is 18.2 Å². The quantitative estimate of drug-likeness (QED) is 0.397. The summed E-state index contributed by atoms with van der Waals surface area (Å²) < 4.78 is 58.9. The molecule has 0 bridgehead atoms. The van der Waals surface area contributed by atoms with Crippen molar-refractivity contribution < 1.29 is 37.6 Å². The van der Waals surface area contributed by atoms with Gasteiger partial charge in [-0.2, -0.15) is 0 Å². The van der Waals surface area contributed by atoms with Gasteiger partial charge in [-0.05, 0) is 31.0 Å². The number of hydrogen-bond donors (Lipinski definition) is 2. The van der Waals surface area contributed by atoms with E-state index >= 15 is 0 Å². The Morgan fingerprint density at radius 3 is 2.54 bits per heavy atom. The predicted octanol–water partition coefficient (Wildman–Crippen LogP) is 3.07. The Balaban J connectivity index is 1.36. The molecule has 0 amide bonds. The lowest BCUT2D eigenvalue weighted by Crippen LogP contribution is -2.59. The number of halogens is 3. The number of aliphatic hydroxyl groups excluding tert-OH is 1. The van der Waals surface area contributed by atoms with Gasteiger partial charge in [0.15, 0.2) is 29.0 Å². The topological polar surface area (TPSA) is 89.2 Å². The molecule has 0 aliphatic carbocycles. The van der Waals surface area contributed by atoms with Crippen LogP contribution in [0.1, 0.15) is 17.8 Å². The number of piperidine rings is 1. The van der Waals surface area contributed by atoms with Crippen molar-refractivity contribution in [2.75, 3.05) is 33.4 Å². The lowest BCUT2D eigenvalue weighted by Gasteiger charge is -2.42. The predicted molar refractivity (Wildman–Crippen MR) is 128 cm³/mol. The molecule has 1 saturated heterocycles. The van der Waals surface area contributed by atoms with E-state index in [1.54, 1.807) is 13.3 Å². The molecule has 2 N–H and O–H groups in total. The number of aliphatic hydroxyl groups is 2. The third-order valence-electron chi connectivity index (χ3n) is 6.43. The van der Waals surface area contributed by atoms with E-state index in [0.29, 0.717) is 49.9 Å². The van der Waals surface area contributed by atoms with E-state index in [1.807, 2.05) is 40.8 Å². The molecule has 8 nitrogen and oxygen atoms in total. The van der Waals surface area contributed by atoms with E-state index in [2.05, 4.69) is 4.98 Å². The minimum Gasteiger partial charge on any atom is -0.493 e. The van der Waals surface area contributed by atoms with Crippen LogP contribution in [0.25, 0.3) is 0 Å². The second-order valence-corrected chi connectivity index (χ2v) is 9.11. The van der Waals surface area contributed by atoms with Gasteiger partial charge in [-0.15, -0.1) is 0 Å². The molecule has 1 aromatic heterocycles. The molecule has 0 saturated carbocycles. The monoisotopic (exact) mass is 521 g/mol. The molecule has 2 aromatic carbocycles. The number of rotatable bonds is 10. The molecule has 0 radical (unpaired) electrons. The summed E-state index contributed by atoms with van der Waals surface area (Å²) in [5.74, 6) is -2.61.